The van der Waals surface area contributed by atoms with Gasteiger partial charge in [-0.1, -0.05) is 0 Å². The Morgan fingerprint density at radius 3 is 2.33 bits per heavy atom. The minimum atomic E-state index is -4.61. The third-order valence-corrected chi connectivity index (χ3v) is 2.54. The zero-order chi connectivity index (χ0) is 11.8. The summed E-state index contributed by atoms with van der Waals surface area (Å²) in [5.74, 6) is -1.47. The second-order valence-corrected chi connectivity index (χ2v) is 3.52. The van der Waals surface area contributed by atoms with Crippen LogP contribution in [0, 0.1) is 0 Å². The Hall–Kier alpha value is -1.24. The van der Waals surface area contributed by atoms with Crippen molar-refractivity contribution in [3.8, 4) is 0 Å². The van der Waals surface area contributed by atoms with Gasteiger partial charge in [-0.2, -0.15) is 13.2 Å². The molecule has 0 spiro atoms. The van der Waals surface area contributed by atoms with Crippen molar-refractivity contribution in [3.05, 3.63) is 27.7 Å². The van der Waals surface area contributed by atoms with Crippen LogP contribution >= 0.6 is 15.9 Å². The number of hydrogen-bond acceptors (Lipinski definition) is 2. The molecule has 0 saturated carbocycles. The van der Waals surface area contributed by atoms with E-state index >= 15 is 0 Å². The molecule has 1 rings (SSSR count). The third-order valence-electron chi connectivity index (χ3n) is 1.66. The summed E-state index contributed by atoms with van der Waals surface area (Å²) in [6.45, 7) is 0. The first-order chi connectivity index (χ1) is 6.73. The fraction of sp³-hybridized carbons (Fsp3) is 0.125. The first kappa shape index (κ1) is 11.8. The van der Waals surface area contributed by atoms with Crippen LogP contribution in [0.3, 0.4) is 0 Å². The Labute approximate surface area is 90.8 Å². The van der Waals surface area contributed by atoms with Gasteiger partial charge in [-0.3, -0.25) is 0 Å². The zero-order valence-electron chi connectivity index (χ0n) is 7.10. The fourth-order valence-electron chi connectivity index (χ4n) is 0.966. The van der Waals surface area contributed by atoms with Gasteiger partial charge in [0, 0.05) is 5.69 Å². The predicted octanol–water partition coefficient (Wildman–Crippen LogP) is 2.75. The minimum Gasteiger partial charge on any atom is -0.478 e. The van der Waals surface area contributed by atoms with Gasteiger partial charge in [0.1, 0.15) is 0 Å². The van der Waals surface area contributed by atoms with Crippen LogP contribution in [-0.4, -0.2) is 11.1 Å². The summed E-state index contributed by atoms with van der Waals surface area (Å²) in [5.41, 5.74) is 3.39. The monoisotopic (exact) mass is 283 g/mol. The van der Waals surface area contributed by atoms with E-state index in [-0.39, 0.29) is 10.2 Å². The molecule has 0 radical (unpaired) electrons. The van der Waals surface area contributed by atoms with Gasteiger partial charge < -0.3 is 10.8 Å². The number of carboxylic acid groups (broad SMARTS) is 1. The summed E-state index contributed by atoms with van der Waals surface area (Å²) in [4.78, 5) is 10.6. The fourth-order valence-corrected chi connectivity index (χ4v) is 1.36. The molecule has 0 atom stereocenters. The Bertz CT molecular complexity index is 417. The Kier molecular flexibility index (Phi) is 2.94. The van der Waals surface area contributed by atoms with E-state index in [4.69, 9.17) is 10.8 Å². The van der Waals surface area contributed by atoms with Crippen molar-refractivity contribution in [1.29, 1.82) is 0 Å². The number of benzene rings is 1. The van der Waals surface area contributed by atoms with Crippen LogP contribution in [-0.2, 0) is 6.18 Å². The molecule has 0 saturated heterocycles. The molecule has 1 aromatic carbocycles. The van der Waals surface area contributed by atoms with Crippen LogP contribution in [0.15, 0.2) is 16.6 Å². The maximum atomic E-state index is 12.3. The number of halogens is 4. The highest BCUT2D eigenvalue weighted by Gasteiger charge is 2.32. The van der Waals surface area contributed by atoms with Gasteiger partial charge in [0.25, 0.3) is 0 Å². The van der Waals surface area contributed by atoms with Gasteiger partial charge in [0.05, 0.1) is 15.6 Å². The predicted molar refractivity (Wildman–Crippen MR) is 50.5 cm³/mol. The SMILES string of the molecule is Nc1cc(C(F)(F)F)cc(C(=O)O)c1Br. The molecule has 0 bridgehead atoms. The number of anilines is 1. The maximum absolute atomic E-state index is 12.3. The van der Waals surface area contributed by atoms with Gasteiger partial charge in [-0.25, -0.2) is 4.79 Å². The molecule has 0 aliphatic carbocycles. The van der Waals surface area contributed by atoms with Crippen molar-refractivity contribution in [3.63, 3.8) is 0 Å². The molecule has 3 nitrogen and oxygen atoms in total. The minimum absolute atomic E-state index is 0.0528. The lowest BCUT2D eigenvalue weighted by atomic mass is 10.1. The van der Waals surface area contributed by atoms with Crippen LogP contribution in [0.5, 0.6) is 0 Å². The maximum Gasteiger partial charge on any atom is 0.416 e. The Morgan fingerprint density at radius 1 is 1.40 bits per heavy atom. The number of rotatable bonds is 1. The number of hydrogen-bond donors (Lipinski definition) is 2. The summed E-state index contributed by atoms with van der Waals surface area (Å²) in [7, 11) is 0. The quantitative estimate of drug-likeness (QED) is 0.779. The van der Waals surface area contributed by atoms with Crippen LogP contribution in [0.25, 0.3) is 0 Å². The van der Waals surface area contributed by atoms with E-state index in [1.807, 2.05) is 0 Å². The lowest BCUT2D eigenvalue weighted by Gasteiger charge is -2.10. The number of nitrogens with two attached hydrogens (primary N) is 1. The number of alkyl halides is 3. The average molecular weight is 284 g/mol. The van der Waals surface area contributed by atoms with Crippen molar-refractivity contribution in [2.75, 3.05) is 5.73 Å². The van der Waals surface area contributed by atoms with E-state index in [0.29, 0.717) is 12.1 Å². The average Bonchev–Trinajstić information content (AvgIpc) is 2.06. The van der Waals surface area contributed by atoms with Crippen LogP contribution < -0.4 is 5.73 Å². The topological polar surface area (TPSA) is 63.3 Å². The summed E-state index contributed by atoms with van der Waals surface area (Å²) in [6, 6.07) is 1.21. The second-order valence-electron chi connectivity index (χ2n) is 2.73. The van der Waals surface area contributed by atoms with Crippen molar-refractivity contribution in [2.45, 2.75) is 6.18 Å². The smallest absolute Gasteiger partial charge is 0.416 e. The van der Waals surface area contributed by atoms with E-state index < -0.39 is 23.3 Å². The molecule has 0 aromatic heterocycles. The normalized spacial score (nSPS) is 11.5. The highest BCUT2D eigenvalue weighted by molar-refractivity contribution is 9.10. The second kappa shape index (κ2) is 3.73. The van der Waals surface area contributed by atoms with Crippen molar-refractivity contribution < 1.29 is 23.1 Å². The number of carbonyl (C=O) groups is 1. The Balaban J connectivity index is 3.43. The van der Waals surface area contributed by atoms with E-state index in [2.05, 4.69) is 15.9 Å². The molecule has 82 valence electrons. The molecule has 3 N–H and O–H groups in total. The highest BCUT2D eigenvalue weighted by Crippen LogP contribution is 2.35. The Morgan fingerprint density at radius 2 is 1.93 bits per heavy atom. The summed E-state index contributed by atoms with van der Waals surface area (Å²) < 4.78 is 36.8. The third kappa shape index (κ3) is 2.41. The summed E-state index contributed by atoms with van der Waals surface area (Å²) in [6.07, 6.45) is -4.61. The zero-order valence-corrected chi connectivity index (χ0v) is 8.69. The van der Waals surface area contributed by atoms with Crippen molar-refractivity contribution in [1.82, 2.24) is 0 Å². The summed E-state index contributed by atoms with van der Waals surface area (Å²) >= 11 is 2.81. The summed E-state index contributed by atoms with van der Waals surface area (Å²) in [5, 5.41) is 8.63. The van der Waals surface area contributed by atoms with Crippen LogP contribution in [0.4, 0.5) is 18.9 Å². The van der Waals surface area contributed by atoms with Gasteiger partial charge in [-0.15, -0.1) is 0 Å². The van der Waals surface area contributed by atoms with Crippen LogP contribution in [0.2, 0.25) is 0 Å². The van der Waals surface area contributed by atoms with Gasteiger partial charge in [0.2, 0.25) is 0 Å². The molecule has 0 fully saturated rings. The molecular weight excluding hydrogens is 279 g/mol. The highest BCUT2D eigenvalue weighted by atomic mass is 79.9. The lowest BCUT2D eigenvalue weighted by Crippen LogP contribution is -2.09. The van der Waals surface area contributed by atoms with E-state index in [1.54, 1.807) is 0 Å². The molecule has 1 aromatic rings. The number of carboxylic acids is 1. The standard InChI is InChI=1S/C8H5BrF3NO2/c9-6-4(7(14)15)1-3(2-5(6)13)8(10,11)12/h1-2H,13H2,(H,14,15). The van der Waals surface area contributed by atoms with Crippen molar-refractivity contribution >= 4 is 27.6 Å². The van der Waals surface area contributed by atoms with Crippen molar-refractivity contribution in [2.24, 2.45) is 0 Å². The van der Waals surface area contributed by atoms with Gasteiger partial charge >= 0.3 is 12.1 Å². The molecular formula is C8H5BrF3NO2. The molecule has 0 unspecified atom stereocenters. The first-order valence-corrected chi connectivity index (χ1v) is 4.42. The lowest BCUT2D eigenvalue weighted by molar-refractivity contribution is -0.137. The molecule has 7 heteroatoms. The molecule has 15 heavy (non-hydrogen) atoms. The molecule has 0 aliphatic heterocycles. The first-order valence-electron chi connectivity index (χ1n) is 3.63. The van der Waals surface area contributed by atoms with Crippen LogP contribution in [0.1, 0.15) is 15.9 Å². The van der Waals surface area contributed by atoms with Gasteiger partial charge in [0.15, 0.2) is 0 Å². The molecule has 0 amide bonds. The number of nitrogen functional groups attached to an aromatic ring is 1. The van der Waals surface area contributed by atoms with Gasteiger partial charge in [-0.05, 0) is 28.1 Å². The molecule has 0 aliphatic rings. The molecule has 0 heterocycles. The largest absolute Gasteiger partial charge is 0.478 e. The van der Waals surface area contributed by atoms with E-state index in [0.717, 1.165) is 0 Å². The number of aromatic carboxylic acids is 1. The van der Waals surface area contributed by atoms with E-state index in [9.17, 15) is 18.0 Å². The van der Waals surface area contributed by atoms with E-state index in [1.165, 1.54) is 0 Å².